The van der Waals surface area contributed by atoms with Crippen LogP contribution >= 0.6 is 15.9 Å². The fraction of sp³-hybridized carbons (Fsp3) is 0.533. The summed E-state index contributed by atoms with van der Waals surface area (Å²) in [6, 6.07) is 1.70. The second-order valence-corrected chi connectivity index (χ2v) is 6.26. The van der Waals surface area contributed by atoms with E-state index in [0.29, 0.717) is 47.6 Å². The number of nitrogens with zero attached hydrogens (tertiary/aromatic N) is 1. The lowest BCUT2D eigenvalue weighted by Crippen LogP contribution is -2.21. The van der Waals surface area contributed by atoms with Gasteiger partial charge in [0.15, 0.2) is 11.5 Å². The molecule has 0 radical (unpaired) electrons. The third-order valence-electron chi connectivity index (χ3n) is 4.12. The summed E-state index contributed by atoms with van der Waals surface area (Å²) in [6.07, 6.45) is 5.74. The van der Waals surface area contributed by atoms with Gasteiger partial charge in [0.2, 0.25) is 6.08 Å². The number of aromatic hydroxyl groups is 1. The van der Waals surface area contributed by atoms with Crippen LogP contribution in [0.4, 0.5) is 0 Å². The molecular weight excluding hydrogens is 338 g/mol. The van der Waals surface area contributed by atoms with E-state index in [1.165, 1.54) is 0 Å². The molecule has 0 unspecified atom stereocenters. The molecule has 0 spiro atoms. The zero-order valence-electron chi connectivity index (χ0n) is 11.5. The highest BCUT2D eigenvalue weighted by Crippen LogP contribution is 2.54. The fourth-order valence-corrected chi connectivity index (χ4v) is 3.57. The van der Waals surface area contributed by atoms with Gasteiger partial charge in [-0.3, -0.25) is 0 Å². The van der Waals surface area contributed by atoms with E-state index >= 15 is 0 Å². The average Bonchev–Trinajstić information content (AvgIpc) is 2.81. The minimum Gasteiger partial charge on any atom is -0.506 e. The van der Waals surface area contributed by atoms with Crippen LogP contribution < -0.4 is 9.47 Å². The first kappa shape index (κ1) is 14.4. The fourth-order valence-electron chi connectivity index (χ4n) is 3.16. The van der Waals surface area contributed by atoms with Gasteiger partial charge in [0.1, 0.15) is 11.3 Å². The normalized spacial score (nSPS) is 19.7. The molecular formula is C15H16BrNO4. The summed E-state index contributed by atoms with van der Waals surface area (Å²) >= 11 is 3.35. The quantitative estimate of drug-likeness (QED) is 0.653. The first-order chi connectivity index (χ1) is 10.2. The molecule has 2 aliphatic rings. The van der Waals surface area contributed by atoms with E-state index in [2.05, 4.69) is 20.9 Å². The largest absolute Gasteiger partial charge is 0.506 e. The summed E-state index contributed by atoms with van der Waals surface area (Å²) < 4.78 is 12.0. The van der Waals surface area contributed by atoms with E-state index in [1.807, 2.05) is 0 Å². The van der Waals surface area contributed by atoms with Gasteiger partial charge >= 0.3 is 0 Å². The number of phenolic OH excluding ortho intramolecular Hbond substituents is 1. The van der Waals surface area contributed by atoms with Gasteiger partial charge in [-0.05, 0) is 28.8 Å². The second kappa shape index (κ2) is 5.70. The first-order valence-corrected chi connectivity index (χ1v) is 7.88. The van der Waals surface area contributed by atoms with Gasteiger partial charge < -0.3 is 14.6 Å². The Morgan fingerprint density at radius 1 is 1.24 bits per heavy atom. The van der Waals surface area contributed by atoms with Crippen molar-refractivity contribution in [1.29, 1.82) is 0 Å². The van der Waals surface area contributed by atoms with Crippen LogP contribution in [0.25, 0.3) is 0 Å². The molecule has 1 heterocycles. The Hall–Kier alpha value is -1.52. The lowest BCUT2D eigenvalue weighted by Gasteiger charge is -2.27. The maximum atomic E-state index is 10.9. The maximum absolute atomic E-state index is 10.9. The van der Waals surface area contributed by atoms with Gasteiger partial charge in [-0.15, -0.1) is 0 Å². The van der Waals surface area contributed by atoms with Gasteiger partial charge in [-0.25, -0.2) is 4.79 Å². The van der Waals surface area contributed by atoms with E-state index in [1.54, 1.807) is 12.1 Å². The third kappa shape index (κ3) is 2.43. The maximum Gasteiger partial charge on any atom is 0.235 e. The number of fused-ring (bicyclic) bond motifs is 1. The molecule has 1 saturated carbocycles. The third-order valence-corrected chi connectivity index (χ3v) is 4.72. The second-order valence-electron chi connectivity index (χ2n) is 5.40. The van der Waals surface area contributed by atoms with E-state index in [0.717, 1.165) is 19.3 Å². The van der Waals surface area contributed by atoms with Crippen molar-refractivity contribution in [1.82, 2.24) is 0 Å². The van der Waals surface area contributed by atoms with E-state index in [4.69, 9.17) is 9.47 Å². The Morgan fingerprint density at radius 2 is 1.95 bits per heavy atom. The number of phenols is 1. The van der Waals surface area contributed by atoms with Crippen LogP contribution in [0.3, 0.4) is 0 Å². The minimum absolute atomic E-state index is 0.0696. The van der Waals surface area contributed by atoms with E-state index in [9.17, 15) is 9.90 Å². The molecule has 0 bridgehead atoms. The van der Waals surface area contributed by atoms with Gasteiger partial charge in [-0.1, -0.05) is 12.8 Å². The summed E-state index contributed by atoms with van der Waals surface area (Å²) in [5.74, 6) is 1.16. The van der Waals surface area contributed by atoms with Crippen molar-refractivity contribution in [3.8, 4) is 17.2 Å². The number of ether oxygens (including phenoxy) is 2. The van der Waals surface area contributed by atoms with Crippen molar-refractivity contribution in [2.75, 3.05) is 13.2 Å². The Bertz CT molecular complexity index is 604. The molecule has 0 saturated heterocycles. The summed E-state index contributed by atoms with van der Waals surface area (Å²) in [7, 11) is 0. The molecule has 21 heavy (non-hydrogen) atoms. The lowest BCUT2D eigenvalue weighted by molar-refractivity contribution is 0.291. The Balaban J connectivity index is 2.25. The number of rotatable bonds is 2. The number of isocyanates is 1. The topological polar surface area (TPSA) is 68.1 Å². The standard InChI is InChI=1S/C15H16BrNO4/c16-10-8-11-14(21-7-3-6-20-11)12(13(10)19)15(17-9-18)4-1-2-5-15/h8,19H,1-7H2. The highest BCUT2D eigenvalue weighted by atomic mass is 79.9. The molecule has 1 aliphatic carbocycles. The number of benzene rings is 1. The van der Waals surface area contributed by atoms with Crippen molar-refractivity contribution in [2.45, 2.75) is 37.6 Å². The zero-order chi connectivity index (χ0) is 14.9. The number of hydrogen-bond donors (Lipinski definition) is 1. The van der Waals surface area contributed by atoms with Crippen molar-refractivity contribution < 1.29 is 19.4 Å². The molecule has 1 aromatic carbocycles. The molecule has 0 atom stereocenters. The van der Waals surface area contributed by atoms with Crippen LogP contribution in [-0.4, -0.2) is 24.4 Å². The average molecular weight is 354 g/mol. The van der Waals surface area contributed by atoms with Crippen LogP contribution in [0.1, 0.15) is 37.7 Å². The van der Waals surface area contributed by atoms with Gasteiger partial charge in [-0.2, -0.15) is 4.99 Å². The van der Waals surface area contributed by atoms with Gasteiger partial charge in [0, 0.05) is 12.5 Å². The smallest absolute Gasteiger partial charge is 0.235 e. The summed E-state index contributed by atoms with van der Waals surface area (Å²) in [4.78, 5) is 15.0. The Labute approximate surface area is 131 Å². The molecule has 112 valence electrons. The monoisotopic (exact) mass is 353 g/mol. The molecule has 6 heteroatoms. The molecule has 1 aromatic rings. The molecule has 5 nitrogen and oxygen atoms in total. The van der Waals surface area contributed by atoms with Gasteiger partial charge in [0.05, 0.1) is 23.2 Å². The molecule has 1 aliphatic heterocycles. The predicted octanol–water partition coefficient (Wildman–Crippen LogP) is 3.42. The Morgan fingerprint density at radius 3 is 2.67 bits per heavy atom. The van der Waals surface area contributed by atoms with Crippen LogP contribution in [0, 0.1) is 0 Å². The van der Waals surface area contributed by atoms with Crippen molar-refractivity contribution in [2.24, 2.45) is 4.99 Å². The van der Waals surface area contributed by atoms with E-state index in [-0.39, 0.29) is 5.75 Å². The molecule has 0 amide bonds. The van der Waals surface area contributed by atoms with Crippen molar-refractivity contribution in [3.05, 3.63) is 16.1 Å². The lowest BCUT2D eigenvalue weighted by atomic mass is 9.87. The summed E-state index contributed by atoms with van der Waals surface area (Å²) in [6.45, 7) is 1.08. The van der Waals surface area contributed by atoms with Crippen molar-refractivity contribution >= 4 is 22.0 Å². The molecule has 3 rings (SSSR count). The van der Waals surface area contributed by atoms with Crippen LogP contribution in [0.5, 0.6) is 17.2 Å². The molecule has 0 aromatic heterocycles. The number of aliphatic imine (C=N–C) groups is 1. The summed E-state index contributed by atoms with van der Waals surface area (Å²) in [5, 5.41) is 10.5. The van der Waals surface area contributed by atoms with Crippen molar-refractivity contribution in [3.63, 3.8) is 0 Å². The summed E-state index contributed by atoms with van der Waals surface area (Å²) in [5.41, 5.74) is -0.206. The SMILES string of the molecule is O=C=NC1(c2c(O)c(Br)cc3c2OCCCO3)CCCC1. The zero-order valence-corrected chi connectivity index (χ0v) is 13.1. The van der Waals surface area contributed by atoms with Crippen LogP contribution in [-0.2, 0) is 10.3 Å². The first-order valence-electron chi connectivity index (χ1n) is 7.08. The number of carbonyl (C=O) groups excluding carboxylic acids is 1. The highest BCUT2D eigenvalue weighted by Gasteiger charge is 2.42. The van der Waals surface area contributed by atoms with Crippen LogP contribution in [0.15, 0.2) is 15.5 Å². The Kier molecular flexibility index (Phi) is 3.91. The highest BCUT2D eigenvalue weighted by molar-refractivity contribution is 9.10. The van der Waals surface area contributed by atoms with E-state index < -0.39 is 5.54 Å². The van der Waals surface area contributed by atoms with Gasteiger partial charge in [0.25, 0.3) is 0 Å². The minimum atomic E-state index is -0.757. The number of halogens is 1. The van der Waals surface area contributed by atoms with Crippen LogP contribution in [0.2, 0.25) is 0 Å². The molecule has 1 N–H and O–H groups in total. The molecule has 1 fully saturated rings. The number of hydrogen-bond acceptors (Lipinski definition) is 5. The predicted molar refractivity (Wildman–Crippen MR) is 79.7 cm³/mol.